The fraction of sp³-hybridized carbons (Fsp3) is 0.478. The molecule has 7 nitrogen and oxygen atoms in total. The summed E-state index contributed by atoms with van der Waals surface area (Å²) in [4.78, 5) is 14.9. The fourth-order valence-electron chi connectivity index (χ4n) is 5.03. The lowest BCUT2D eigenvalue weighted by atomic mass is 9.57. The zero-order valence-electron chi connectivity index (χ0n) is 17.7. The molecule has 1 aliphatic heterocycles. The quantitative estimate of drug-likeness (QED) is 0.682. The van der Waals surface area contributed by atoms with Crippen LogP contribution in [0.15, 0.2) is 36.7 Å². The van der Waals surface area contributed by atoms with Gasteiger partial charge in [0, 0.05) is 36.7 Å². The van der Waals surface area contributed by atoms with Crippen molar-refractivity contribution >= 4 is 22.6 Å². The Morgan fingerprint density at radius 3 is 2.71 bits per heavy atom. The summed E-state index contributed by atoms with van der Waals surface area (Å²) < 4.78 is 14.3. The van der Waals surface area contributed by atoms with Crippen molar-refractivity contribution in [3.8, 4) is 11.1 Å². The Morgan fingerprint density at radius 2 is 2.00 bits per heavy atom. The van der Waals surface area contributed by atoms with Crippen LogP contribution < -0.4 is 5.32 Å². The van der Waals surface area contributed by atoms with Crippen LogP contribution in [0.3, 0.4) is 0 Å². The molecular formula is C23H27FN6O. The van der Waals surface area contributed by atoms with Crippen LogP contribution in [0.4, 0.5) is 10.2 Å². The number of carbonyl (C=O) groups is 1. The van der Waals surface area contributed by atoms with Gasteiger partial charge in [-0.2, -0.15) is 5.10 Å². The van der Waals surface area contributed by atoms with Gasteiger partial charge in [0.25, 0.3) is 0 Å². The lowest BCUT2D eigenvalue weighted by Gasteiger charge is -2.51. The summed E-state index contributed by atoms with van der Waals surface area (Å²) in [6.07, 6.45) is 7.73. The lowest BCUT2D eigenvalue weighted by molar-refractivity contribution is -0.129. The summed E-state index contributed by atoms with van der Waals surface area (Å²) >= 11 is 0. The number of hydrogen-bond acceptors (Lipinski definition) is 5. The molecule has 8 heteroatoms. The summed E-state index contributed by atoms with van der Waals surface area (Å²) in [5.41, 5.74) is 3.13. The first-order valence-electron chi connectivity index (χ1n) is 10.9. The maximum Gasteiger partial charge on any atom is 0.228 e. The number of aromatic nitrogens is 4. The van der Waals surface area contributed by atoms with Gasteiger partial charge in [-0.3, -0.25) is 9.48 Å². The number of halogens is 1. The minimum Gasteiger partial charge on any atom is -0.309 e. The van der Waals surface area contributed by atoms with Gasteiger partial charge in [0.05, 0.1) is 11.7 Å². The van der Waals surface area contributed by atoms with E-state index in [1.54, 1.807) is 4.68 Å². The molecule has 1 saturated heterocycles. The Morgan fingerprint density at radius 1 is 1.19 bits per heavy atom. The van der Waals surface area contributed by atoms with Crippen molar-refractivity contribution in [2.75, 3.05) is 31.6 Å². The highest BCUT2D eigenvalue weighted by atomic mass is 19.1. The molecular weight excluding hydrogens is 395 g/mol. The van der Waals surface area contributed by atoms with Crippen LogP contribution >= 0.6 is 0 Å². The number of nitrogens with zero attached hydrogens (tertiary/aromatic N) is 5. The van der Waals surface area contributed by atoms with E-state index >= 15 is 0 Å². The van der Waals surface area contributed by atoms with Crippen LogP contribution in [-0.2, 0) is 11.8 Å². The van der Waals surface area contributed by atoms with E-state index in [0.717, 1.165) is 60.8 Å². The van der Waals surface area contributed by atoms with Gasteiger partial charge in [-0.15, -0.1) is 10.2 Å². The van der Waals surface area contributed by atoms with Crippen LogP contribution in [0, 0.1) is 11.3 Å². The minimum atomic E-state index is -0.283. The van der Waals surface area contributed by atoms with Gasteiger partial charge in [0.15, 0.2) is 5.82 Å². The van der Waals surface area contributed by atoms with Crippen molar-refractivity contribution in [1.82, 2.24) is 24.9 Å². The third-order valence-corrected chi connectivity index (χ3v) is 6.92. The molecule has 1 aromatic carbocycles. The molecule has 1 saturated carbocycles. The number of nitrogens with one attached hydrogen (secondary N) is 1. The van der Waals surface area contributed by atoms with E-state index in [-0.39, 0.29) is 23.9 Å². The molecule has 31 heavy (non-hydrogen) atoms. The molecule has 1 N–H and O–H groups in total. The van der Waals surface area contributed by atoms with Crippen molar-refractivity contribution in [1.29, 1.82) is 0 Å². The molecule has 162 valence electrons. The van der Waals surface area contributed by atoms with Gasteiger partial charge < -0.3 is 10.2 Å². The largest absolute Gasteiger partial charge is 0.309 e. The lowest BCUT2D eigenvalue weighted by Crippen LogP contribution is -2.50. The van der Waals surface area contributed by atoms with E-state index in [0.29, 0.717) is 12.4 Å². The van der Waals surface area contributed by atoms with E-state index < -0.39 is 0 Å². The topological polar surface area (TPSA) is 75.9 Å². The van der Waals surface area contributed by atoms with Crippen molar-refractivity contribution in [2.24, 2.45) is 18.4 Å². The molecule has 2 aliphatic rings. The number of benzene rings is 1. The van der Waals surface area contributed by atoms with Crippen LogP contribution in [0.1, 0.15) is 25.7 Å². The monoisotopic (exact) mass is 422 g/mol. The van der Waals surface area contributed by atoms with Gasteiger partial charge in [-0.05, 0) is 68.0 Å². The van der Waals surface area contributed by atoms with Gasteiger partial charge in [0.2, 0.25) is 5.91 Å². The molecule has 0 radical (unpaired) electrons. The number of anilines is 1. The molecule has 1 aliphatic carbocycles. The van der Waals surface area contributed by atoms with Crippen molar-refractivity contribution in [3.05, 3.63) is 36.7 Å². The molecule has 0 unspecified atom stereocenters. The summed E-state index contributed by atoms with van der Waals surface area (Å²) in [6, 6.07) is 7.85. The number of likely N-dealkylation sites (tertiary alicyclic amines) is 1. The number of amides is 1. The highest BCUT2D eigenvalue weighted by Crippen LogP contribution is 2.52. The maximum absolute atomic E-state index is 12.8. The van der Waals surface area contributed by atoms with Crippen molar-refractivity contribution in [2.45, 2.75) is 25.7 Å². The Hall–Kier alpha value is -2.87. The number of carbonyl (C=O) groups excluding carboxylic acids is 1. The second kappa shape index (κ2) is 8.00. The number of rotatable bonds is 5. The first-order chi connectivity index (χ1) is 15.0. The third kappa shape index (κ3) is 4.04. The van der Waals surface area contributed by atoms with Crippen LogP contribution in [0.25, 0.3) is 22.0 Å². The fourth-order valence-corrected chi connectivity index (χ4v) is 5.03. The van der Waals surface area contributed by atoms with Crippen LogP contribution in [-0.4, -0.2) is 57.1 Å². The van der Waals surface area contributed by atoms with Crippen molar-refractivity contribution < 1.29 is 9.18 Å². The molecule has 1 spiro atoms. The van der Waals surface area contributed by atoms with Crippen LogP contribution in [0.2, 0.25) is 0 Å². The number of hydrogen-bond donors (Lipinski definition) is 1. The molecule has 3 heterocycles. The maximum atomic E-state index is 12.8. The first-order valence-corrected chi connectivity index (χ1v) is 10.9. The number of alkyl halides is 1. The number of piperidine rings is 1. The number of aryl methyl sites for hydroxylation is 1. The number of fused-ring (bicyclic) bond motifs is 1. The van der Waals surface area contributed by atoms with E-state index in [1.807, 2.05) is 43.7 Å². The smallest absolute Gasteiger partial charge is 0.228 e. The second-order valence-corrected chi connectivity index (χ2v) is 9.03. The van der Waals surface area contributed by atoms with Crippen molar-refractivity contribution in [3.63, 3.8) is 0 Å². The summed E-state index contributed by atoms with van der Waals surface area (Å²) in [7, 11) is 1.89. The van der Waals surface area contributed by atoms with E-state index in [1.165, 1.54) is 0 Å². The highest BCUT2D eigenvalue weighted by molar-refractivity contribution is 5.94. The summed E-state index contributed by atoms with van der Waals surface area (Å²) in [5.74, 6) is 0.528. The van der Waals surface area contributed by atoms with Gasteiger partial charge in [-0.1, -0.05) is 6.07 Å². The van der Waals surface area contributed by atoms with E-state index in [2.05, 4.69) is 25.5 Å². The molecule has 5 rings (SSSR count). The highest BCUT2D eigenvalue weighted by Gasteiger charge is 2.48. The molecule has 2 fully saturated rings. The van der Waals surface area contributed by atoms with Gasteiger partial charge >= 0.3 is 0 Å². The predicted octanol–water partition coefficient (Wildman–Crippen LogP) is 3.43. The van der Waals surface area contributed by atoms with Gasteiger partial charge in [0.1, 0.15) is 6.67 Å². The SMILES string of the molecule is Cn1cc(-c2ccc3nnc(NC(=O)C4CC5(CCN(CCF)CC5)C4)cc3c2)cn1. The Bertz CT molecular complexity index is 1100. The Kier molecular flexibility index (Phi) is 5.17. The normalized spacial score (nSPS) is 18.9. The second-order valence-electron chi connectivity index (χ2n) is 9.03. The molecule has 3 aromatic rings. The average Bonchev–Trinajstić information content (AvgIpc) is 3.19. The standard InChI is InChI=1S/C23H27FN6O/c1-29-15-19(14-25-29)16-2-3-20-17(10-16)11-21(28-27-20)26-22(31)18-12-23(13-18)4-7-30(8-5-23)9-6-24/h2-3,10-11,14-15,18H,4-9,12-13H2,1H3,(H,26,28,31). The summed E-state index contributed by atoms with van der Waals surface area (Å²) in [5, 5.41) is 16.6. The van der Waals surface area contributed by atoms with Crippen LogP contribution in [0.5, 0.6) is 0 Å². The molecule has 2 aromatic heterocycles. The zero-order valence-corrected chi connectivity index (χ0v) is 17.7. The van der Waals surface area contributed by atoms with E-state index in [9.17, 15) is 9.18 Å². The summed E-state index contributed by atoms with van der Waals surface area (Å²) in [6.45, 7) is 2.12. The van der Waals surface area contributed by atoms with Gasteiger partial charge in [-0.25, -0.2) is 4.39 Å². The third-order valence-electron chi connectivity index (χ3n) is 6.92. The van der Waals surface area contributed by atoms with E-state index in [4.69, 9.17) is 0 Å². The Balaban J connectivity index is 1.23. The molecule has 0 bridgehead atoms. The molecule has 0 atom stereocenters. The predicted molar refractivity (Wildman–Crippen MR) is 117 cm³/mol. The first kappa shape index (κ1) is 20.1. The average molecular weight is 423 g/mol. The molecule has 1 amide bonds. The zero-order chi connectivity index (χ0) is 21.4. The minimum absolute atomic E-state index is 0.0203. The Labute approximate surface area is 180 Å².